The molecule has 1 rings (SSSR count). The second-order valence-corrected chi connectivity index (χ2v) is 3.88. The fourth-order valence-corrected chi connectivity index (χ4v) is 1.97. The minimum Gasteiger partial charge on any atom is -0.481 e. The Morgan fingerprint density at radius 2 is 1.79 bits per heavy atom. The Morgan fingerprint density at radius 1 is 1.21 bits per heavy atom. The Morgan fingerprint density at radius 3 is 2.21 bits per heavy atom. The number of aliphatic carboxylic acids is 1. The van der Waals surface area contributed by atoms with Gasteiger partial charge >= 0.3 is 5.97 Å². The van der Waals surface area contributed by atoms with Crippen molar-refractivity contribution in [2.75, 3.05) is 19.7 Å². The van der Waals surface area contributed by atoms with Gasteiger partial charge < -0.3 is 10.2 Å². The maximum absolute atomic E-state index is 10.6. The van der Waals surface area contributed by atoms with E-state index in [1.54, 1.807) is 0 Å². The summed E-state index contributed by atoms with van der Waals surface area (Å²) < 4.78 is 0. The molecule has 1 heterocycles. The Labute approximate surface area is 84.5 Å². The van der Waals surface area contributed by atoms with Gasteiger partial charge in [-0.25, -0.2) is 0 Å². The third-order valence-electron chi connectivity index (χ3n) is 2.78. The SMILES string of the molecule is O=C(O)CC(CO)N1CCCCCC1. The highest BCUT2D eigenvalue weighted by Crippen LogP contribution is 2.14. The molecule has 1 aliphatic rings. The molecule has 0 aromatic rings. The van der Waals surface area contributed by atoms with E-state index in [4.69, 9.17) is 10.2 Å². The predicted molar refractivity (Wildman–Crippen MR) is 53.2 cm³/mol. The van der Waals surface area contributed by atoms with Gasteiger partial charge in [0.15, 0.2) is 0 Å². The maximum Gasteiger partial charge on any atom is 0.305 e. The molecular formula is C10H19NO3. The molecule has 1 unspecified atom stereocenters. The first-order valence-corrected chi connectivity index (χ1v) is 5.30. The fourth-order valence-electron chi connectivity index (χ4n) is 1.97. The molecule has 0 bridgehead atoms. The zero-order chi connectivity index (χ0) is 10.4. The lowest BCUT2D eigenvalue weighted by molar-refractivity contribution is -0.138. The number of carboxylic acid groups (broad SMARTS) is 1. The van der Waals surface area contributed by atoms with Gasteiger partial charge in [-0.1, -0.05) is 12.8 Å². The van der Waals surface area contributed by atoms with Gasteiger partial charge in [0.25, 0.3) is 0 Å². The van der Waals surface area contributed by atoms with Crippen LogP contribution in [0.3, 0.4) is 0 Å². The topological polar surface area (TPSA) is 60.8 Å². The Kier molecular flexibility index (Phi) is 4.90. The molecule has 4 heteroatoms. The number of hydrogen-bond acceptors (Lipinski definition) is 3. The van der Waals surface area contributed by atoms with Crippen molar-refractivity contribution in [2.24, 2.45) is 0 Å². The van der Waals surface area contributed by atoms with Crippen LogP contribution in [0.5, 0.6) is 0 Å². The maximum atomic E-state index is 10.6. The lowest BCUT2D eigenvalue weighted by Gasteiger charge is -2.27. The number of carbonyl (C=O) groups is 1. The van der Waals surface area contributed by atoms with Crippen molar-refractivity contribution >= 4 is 5.97 Å². The fraction of sp³-hybridized carbons (Fsp3) is 0.900. The normalized spacial score (nSPS) is 21.5. The average molecular weight is 201 g/mol. The molecule has 0 saturated carbocycles. The van der Waals surface area contributed by atoms with Gasteiger partial charge in [-0.3, -0.25) is 9.69 Å². The highest BCUT2D eigenvalue weighted by molar-refractivity contribution is 5.67. The van der Waals surface area contributed by atoms with Crippen LogP contribution in [0, 0.1) is 0 Å². The molecule has 1 fully saturated rings. The first-order chi connectivity index (χ1) is 6.74. The monoisotopic (exact) mass is 201 g/mol. The molecule has 1 atom stereocenters. The smallest absolute Gasteiger partial charge is 0.305 e. The number of rotatable bonds is 4. The van der Waals surface area contributed by atoms with Gasteiger partial charge in [0.05, 0.1) is 13.0 Å². The predicted octanol–water partition coefficient (Wildman–Crippen LogP) is 0.698. The van der Waals surface area contributed by atoms with Crippen LogP contribution in [0.25, 0.3) is 0 Å². The first kappa shape index (κ1) is 11.5. The molecule has 1 aliphatic heterocycles. The van der Waals surface area contributed by atoms with Gasteiger partial charge in [-0.2, -0.15) is 0 Å². The number of hydrogen-bond donors (Lipinski definition) is 2. The van der Waals surface area contributed by atoms with E-state index >= 15 is 0 Å². The van der Waals surface area contributed by atoms with Crippen molar-refractivity contribution < 1.29 is 15.0 Å². The third-order valence-corrected chi connectivity index (χ3v) is 2.78. The largest absolute Gasteiger partial charge is 0.481 e. The zero-order valence-corrected chi connectivity index (χ0v) is 8.48. The van der Waals surface area contributed by atoms with Gasteiger partial charge in [-0.15, -0.1) is 0 Å². The standard InChI is InChI=1S/C10H19NO3/c12-8-9(7-10(13)14)11-5-3-1-2-4-6-11/h9,12H,1-8H2,(H,13,14). The molecule has 0 radical (unpaired) electrons. The van der Waals surface area contributed by atoms with Gasteiger partial charge in [-0.05, 0) is 25.9 Å². The van der Waals surface area contributed by atoms with Crippen molar-refractivity contribution in [3.8, 4) is 0 Å². The molecule has 0 spiro atoms. The van der Waals surface area contributed by atoms with E-state index < -0.39 is 5.97 Å². The molecule has 0 aromatic carbocycles. The van der Waals surface area contributed by atoms with Gasteiger partial charge in [0.2, 0.25) is 0 Å². The van der Waals surface area contributed by atoms with Crippen molar-refractivity contribution in [3.05, 3.63) is 0 Å². The van der Waals surface area contributed by atoms with E-state index in [2.05, 4.69) is 4.90 Å². The summed E-state index contributed by atoms with van der Waals surface area (Å²) in [5, 5.41) is 17.8. The summed E-state index contributed by atoms with van der Waals surface area (Å²) in [6.07, 6.45) is 4.74. The Balaban J connectivity index is 2.44. The molecule has 1 saturated heterocycles. The molecule has 2 N–H and O–H groups in total. The lowest BCUT2D eigenvalue weighted by atomic mass is 10.2. The minimum absolute atomic E-state index is 0.0493. The third kappa shape index (κ3) is 3.64. The van der Waals surface area contributed by atoms with Crippen LogP contribution < -0.4 is 0 Å². The molecule has 82 valence electrons. The Bertz CT molecular complexity index is 176. The van der Waals surface area contributed by atoms with Crippen molar-refractivity contribution in [2.45, 2.75) is 38.1 Å². The molecule has 0 aliphatic carbocycles. The van der Waals surface area contributed by atoms with E-state index in [1.165, 1.54) is 12.8 Å². The van der Waals surface area contributed by atoms with Crippen LogP contribution in [0.15, 0.2) is 0 Å². The summed E-state index contributed by atoms with van der Waals surface area (Å²) in [5.41, 5.74) is 0. The van der Waals surface area contributed by atoms with E-state index in [1.807, 2.05) is 0 Å². The highest BCUT2D eigenvalue weighted by Gasteiger charge is 2.21. The highest BCUT2D eigenvalue weighted by atomic mass is 16.4. The molecule has 14 heavy (non-hydrogen) atoms. The number of aliphatic hydroxyl groups is 1. The van der Waals surface area contributed by atoms with Crippen LogP contribution >= 0.6 is 0 Å². The first-order valence-electron chi connectivity index (χ1n) is 5.30. The summed E-state index contributed by atoms with van der Waals surface area (Å²) in [7, 11) is 0. The number of aliphatic hydroxyl groups excluding tert-OH is 1. The van der Waals surface area contributed by atoms with Crippen LogP contribution in [0.4, 0.5) is 0 Å². The zero-order valence-electron chi connectivity index (χ0n) is 8.48. The second-order valence-electron chi connectivity index (χ2n) is 3.88. The van der Waals surface area contributed by atoms with Gasteiger partial charge in [0, 0.05) is 6.04 Å². The molecule has 4 nitrogen and oxygen atoms in total. The molecular weight excluding hydrogens is 182 g/mol. The van der Waals surface area contributed by atoms with Crippen molar-refractivity contribution in [1.82, 2.24) is 4.90 Å². The summed E-state index contributed by atoms with van der Waals surface area (Å²) in [6, 6.07) is -0.189. The lowest BCUT2D eigenvalue weighted by Crippen LogP contribution is -2.40. The van der Waals surface area contributed by atoms with E-state index in [9.17, 15) is 4.79 Å². The van der Waals surface area contributed by atoms with E-state index in [0.717, 1.165) is 25.9 Å². The summed E-state index contributed by atoms with van der Waals surface area (Å²) in [5.74, 6) is -0.826. The van der Waals surface area contributed by atoms with Crippen molar-refractivity contribution in [3.63, 3.8) is 0 Å². The summed E-state index contributed by atoms with van der Waals surface area (Å²) in [4.78, 5) is 12.7. The van der Waals surface area contributed by atoms with Crippen LogP contribution in [0.1, 0.15) is 32.1 Å². The number of likely N-dealkylation sites (tertiary alicyclic amines) is 1. The Hall–Kier alpha value is -0.610. The quantitative estimate of drug-likeness (QED) is 0.703. The van der Waals surface area contributed by atoms with Crippen LogP contribution in [-0.2, 0) is 4.79 Å². The second kappa shape index (κ2) is 5.98. The van der Waals surface area contributed by atoms with E-state index in [-0.39, 0.29) is 19.1 Å². The molecule has 0 aromatic heterocycles. The number of carboxylic acids is 1. The van der Waals surface area contributed by atoms with Crippen LogP contribution in [0.2, 0.25) is 0 Å². The minimum atomic E-state index is -0.826. The van der Waals surface area contributed by atoms with Crippen LogP contribution in [-0.4, -0.2) is 46.8 Å². The van der Waals surface area contributed by atoms with Gasteiger partial charge in [0.1, 0.15) is 0 Å². The van der Waals surface area contributed by atoms with Crippen molar-refractivity contribution in [1.29, 1.82) is 0 Å². The summed E-state index contributed by atoms with van der Waals surface area (Å²) >= 11 is 0. The number of nitrogens with zero attached hydrogens (tertiary/aromatic N) is 1. The average Bonchev–Trinajstić information content (AvgIpc) is 2.41. The van der Waals surface area contributed by atoms with E-state index in [0.29, 0.717) is 0 Å². The summed E-state index contributed by atoms with van der Waals surface area (Å²) in [6.45, 7) is 1.81. The molecule has 0 amide bonds.